The molecule has 4 heteroatoms. The fourth-order valence-corrected chi connectivity index (χ4v) is 3.32. The van der Waals surface area contributed by atoms with Crippen LogP contribution in [0.25, 0.3) is 20.5 Å². The summed E-state index contributed by atoms with van der Waals surface area (Å²) in [6, 6.07) is 13.8. The zero-order chi connectivity index (χ0) is 13.4. The van der Waals surface area contributed by atoms with Crippen LogP contribution in [-0.2, 0) is 0 Å². The number of nitrogens with two attached hydrogens (primary N) is 2. The number of thiophene rings is 1. The molecule has 3 aromatic rings. The first-order valence-electron chi connectivity index (χ1n) is 5.91. The molecule has 4 N–H and O–H groups in total. The smallest absolute Gasteiger partial charge is 0.118 e. The molecule has 0 aliphatic carbocycles. The molecule has 2 aromatic carbocycles. The highest BCUT2D eigenvalue weighted by Crippen LogP contribution is 2.43. The van der Waals surface area contributed by atoms with E-state index in [-0.39, 0.29) is 0 Å². The molecule has 0 atom stereocenters. The molecule has 0 saturated carbocycles. The predicted octanol–water partition coefficient (Wildman–Crippen LogP) is 3.74. The van der Waals surface area contributed by atoms with Crippen LogP contribution in [-0.4, -0.2) is 7.11 Å². The minimum Gasteiger partial charge on any atom is -0.497 e. The first kappa shape index (κ1) is 11.9. The second-order valence-electron chi connectivity index (χ2n) is 4.29. The molecule has 0 fully saturated rings. The third kappa shape index (κ3) is 1.90. The van der Waals surface area contributed by atoms with E-state index in [0.717, 1.165) is 37.7 Å². The highest BCUT2D eigenvalue weighted by molar-refractivity contribution is 7.23. The molecule has 19 heavy (non-hydrogen) atoms. The van der Waals surface area contributed by atoms with Gasteiger partial charge in [0.25, 0.3) is 0 Å². The Kier molecular flexibility index (Phi) is 2.80. The monoisotopic (exact) mass is 270 g/mol. The molecule has 1 aromatic heterocycles. The van der Waals surface area contributed by atoms with Gasteiger partial charge in [0.2, 0.25) is 0 Å². The van der Waals surface area contributed by atoms with Crippen LogP contribution in [0.1, 0.15) is 0 Å². The van der Waals surface area contributed by atoms with Gasteiger partial charge in [-0.25, -0.2) is 0 Å². The average molecular weight is 270 g/mol. The first-order valence-corrected chi connectivity index (χ1v) is 6.73. The van der Waals surface area contributed by atoms with Crippen molar-refractivity contribution in [3.05, 3.63) is 42.5 Å². The average Bonchev–Trinajstić information content (AvgIpc) is 2.78. The SMILES string of the molecule is COc1ccc(-c2sc3cccc(N)c3c2N)cc1. The lowest BCUT2D eigenvalue weighted by Gasteiger charge is -2.03. The number of rotatable bonds is 2. The van der Waals surface area contributed by atoms with Gasteiger partial charge < -0.3 is 16.2 Å². The van der Waals surface area contributed by atoms with Crippen LogP contribution in [0.15, 0.2) is 42.5 Å². The normalized spacial score (nSPS) is 10.8. The summed E-state index contributed by atoms with van der Waals surface area (Å²) in [5.74, 6) is 0.836. The third-order valence-electron chi connectivity index (χ3n) is 3.14. The van der Waals surface area contributed by atoms with Crippen molar-refractivity contribution in [1.82, 2.24) is 0 Å². The second kappa shape index (κ2) is 4.48. The molecule has 0 spiro atoms. The summed E-state index contributed by atoms with van der Waals surface area (Å²) in [6.45, 7) is 0. The number of hydrogen-bond acceptors (Lipinski definition) is 4. The number of nitrogen functional groups attached to an aromatic ring is 2. The first-order chi connectivity index (χ1) is 9.20. The maximum absolute atomic E-state index is 6.24. The van der Waals surface area contributed by atoms with Crippen LogP contribution < -0.4 is 16.2 Å². The molecule has 0 amide bonds. The highest BCUT2D eigenvalue weighted by Gasteiger charge is 2.13. The van der Waals surface area contributed by atoms with Gasteiger partial charge in [-0.05, 0) is 42.0 Å². The summed E-state index contributed by atoms with van der Waals surface area (Å²) in [5, 5.41) is 0.957. The molecular weight excluding hydrogens is 256 g/mol. The molecule has 0 aliphatic rings. The van der Waals surface area contributed by atoms with E-state index in [0.29, 0.717) is 0 Å². The van der Waals surface area contributed by atoms with E-state index in [2.05, 4.69) is 0 Å². The lowest BCUT2D eigenvalue weighted by Crippen LogP contribution is -1.90. The molecule has 0 aliphatic heterocycles. The molecular formula is C15H14N2OS. The maximum atomic E-state index is 6.24. The summed E-state index contributed by atoms with van der Waals surface area (Å²) in [4.78, 5) is 1.05. The third-order valence-corrected chi connectivity index (χ3v) is 4.36. The summed E-state index contributed by atoms with van der Waals surface area (Å²) in [5.41, 5.74) is 14.8. The molecule has 1 heterocycles. The van der Waals surface area contributed by atoms with Crippen LogP contribution in [0.3, 0.4) is 0 Å². The van der Waals surface area contributed by atoms with Gasteiger partial charge in [0, 0.05) is 15.8 Å². The Hall–Kier alpha value is -2.20. The Bertz CT molecular complexity index is 732. The van der Waals surface area contributed by atoms with Gasteiger partial charge in [-0.1, -0.05) is 6.07 Å². The van der Waals surface area contributed by atoms with Crippen molar-refractivity contribution < 1.29 is 4.74 Å². The predicted molar refractivity (Wildman–Crippen MR) is 82.6 cm³/mol. The summed E-state index contributed by atoms with van der Waals surface area (Å²) in [6.07, 6.45) is 0. The maximum Gasteiger partial charge on any atom is 0.118 e. The van der Waals surface area contributed by atoms with Crippen LogP contribution in [0.2, 0.25) is 0 Å². The molecule has 0 saturated heterocycles. The Labute approximate surface area is 115 Å². The van der Waals surface area contributed by atoms with Gasteiger partial charge in [0.1, 0.15) is 5.75 Å². The van der Waals surface area contributed by atoms with Gasteiger partial charge in [-0.2, -0.15) is 0 Å². The lowest BCUT2D eigenvalue weighted by atomic mass is 10.1. The van der Waals surface area contributed by atoms with E-state index in [1.165, 1.54) is 0 Å². The van der Waals surface area contributed by atoms with Crippen LogP contribution in [0.4, 0.5) is 11.4 Å². The van der Waals surface area contributed by atoms with Crippen molar-refractivity contribution in [3.8, 4) is 16.2 Å². The fourth-order valence-electron chi connectivity index (χ4n) is 2.16. The van der Waals surface area contributed by atoms with Gasteiger partial charge in [-0.15, -0.1) is 11.3 Å². The van der Waals surface area contributed by atoms with Crippen molar-refractivity contribution in [3.63, 3.8) is 0 Å². The van der Waals surface area contributed by atoms with E-state index in [1.54, 1.807) is 18.4 Å². The number of fused-ring (bicyclic) bond motifs is 1. The Morgan fingerprint density at radius 2 is 1.74 bits per heavy atom. The lowest BCUT2D eigenvalue weighted by molar-refractivity contribution is 0.415. The number of ether oxygens (including phenoxy) is 1. The van der Waals surface area contributed by atoms with Gasteiger partial charge in [0.15, 0.2) is 0 Å². The molecule has 96 valence electrons. The van der Waals surface area contributed by atoms with Crippen molar-refractivity contribution in [2.75, 3.05) is 18.6 Å². The number of benzene rings is 2. The zero-order valence-corrected chi connectivity index (χ0v) is 11.3. The largest absolute Gasteiger partial charge is 0.497 e. The minimum atomic E-state index is 0.728. The fraction of sp³-hybridized carbons (Fsp3) is 0.0667. The summed E-state index contributed by atoms with van der Waals surface area (Å²) < 4.78 is 6.28. The Balaban J connectivity index is 2.19. The number of anilines is 2. The molecule has 3 rings (SSSR count). The highest BCUT2D eigenvalue weighted by atomic mass is 32.1. The standard InChI is InChI=1S/C15H14N2OS/c1-18-10-7-5-9(6-8-10)15-14(17)13-11(16)3-2-4-12(13)19-15/h2-8H,16-17H2,1H3. The summed E-state index contributed by atoms with van der Waals surface area (Å²) in [7, 11) is 1.66. The van der Waals surface area contributed by atoms with Gasteiger partial charge in [0.05, 0.1) is 17.7 Å². The van der Waals surface area contributed by atoms with Crippen molar-refractivity contribution in [2.24, 2.45) is 0 Å². The van der Waals surface area contributed by atoms with E-state index in [1.807, 2.05) is 42.5 Å². The molecule has 0 radical (unpaired) electrons. The van der Waals surface area contributed by atoms with E-state index in [4.69, 9.17) is 16.2 Å². The van der Waals surface area contributed by atoms with Crippen molar-refractivity contribution in [1.29, 1.82) is 0 Å². The van der Waals surface area contributed by atoms with Crippen LogP contribution in [0, 0.1) is 0 Å². The molecule has 3 nitrogen and oxygen atoms in total. The number of hydrogen-bond donors (Lipinski definition) is 2. The van der Waals surface area contributed by atoms with Gasteiger partial charge >= 0.3 is 0 Å². The second-order valence-corrected chi connectivity index (χ2v) is 5.35. The molecule has 0 bridgehead atoms. The summed E-state index contributed by atoms with van der Waals surface area (Å²) >= 11 is 1.66. The van der Waals surface area contributed by atoms with E-state index < -0.39 is 0 Å². The minimum absolute atomic E-state index is 0.728. The van der Waals surface area contributed by atoms with Crippen LogP contribution in [0.5, 0.6) is 5.75 Å². The zero-order valence-electron chi connectivity index (χ0n) is 10.5. The van der Waals surface area contributed by atoms with Crippen LogP contribution >= 0.6 is 11.3 Å². The number of methoxy groups -OCH3 is 1. The molecule has 0 unspecified atom stereocenters. The van der Waals surface area contributed by atoms with Crippen molar-refractivity contribution >= 4 is 32.8 Å². The van der Waals surface area contributed by atoms with E-state index >= 15 is 0 Å². The quantitative estimate of drug-likeness (QED) is 0.697. The topological polar surface area (TPSA) is 61.3 Å². The van der Waals surface area contributed by atoms with E-state index in [9.17, 15) is 0 Å². The Morgan fingerprint density at radius 1 is 1.00 bits per heavy atom. The Morgan fingerprint density at radius 3 is 2.37 bits per heavy atom. The van der Waals surface area contributed by atoms with Gasteiger partial charge in [-0.3, -0.25) is 0 Å². The van der Waals surface area contributed by atoms with Crippen molar-refractivity contribution in [2.45, 2.75) is 0 Å².